The van der Waals surface area contributed by atoms with Gasteiger partial charge in [0.1, 0.15) is 0 Å². The highest BCUT2D eigenvalue weighted by Crippen LogP contribution is 2.29. The molecule has 2 aliphatic heterocycles. The van der Waals surface area contributed by atoms with Gasteiger partial charge in [0, 0.05) is 6.42 Å². The van der Waals surface area contributed by atoms with E-state index in [1.54, 1.807) is 0 Å². The molecule has 2 aliphatic rings. The van der Waals surface area contributed by atoms with Crippen LogP contribution in [0.5, 0.6) is 0 Å². The fraction of sp³-hybridized carbons (Fsp3) is 0.857. The zero-order chi connectivity index (χ0) is 6.27. The Balaban J connectivity index is 2.05. The van der Waals surface area contributed by atoms with E-state index in [2.05, 4.69) is 13.3 Å². The van der Waals surface area contributed by atoms with Crippen LogP contribution >= 0.6 is 0 Å². The van der Waals surface area contributed by atoms with E-state index in [1.165, 1.54) is 0 Å². The minimum atomic E-state index is -0.105. The van der Waals surface area contributed by atoms with Gasteiger partial charge in [0.2, 0.25) is 0 Å². The van der Waals surface area contributed by atoms with Crippen LogP contribution in [0.4, 0.5) is 0 Å². The fourth-order valence-electron chi connectivity index (χ4n) is 1.24. The second-order valence-electron chi connectivity index (χ2n) is 2.73. The third kappa shape index (κ3) is 0.864. The average Bonchev–Trinajstić information content (AvgIpc) is 2.25. The van der Waals surface area contributed by atoms with E-state index in [0.29, 0.717) is 12.0 Å². The van der Waals surface area contributed by atoms with E-state index < -0.39 is 0 Å². The first-order valence-electron chi connectivity index (χ1n) is 3.37. The van der Waals surface area contributed by atoms with Gasteiger partial charge >= 0.3 is 0 Å². The normalized spacial score (nSPS) is 49.7. The molecule has 2 fully saturated rings. The molecule has 50 valence electrons. The highest BCUT2D eigenvalue weighted by molar-refractivity contribution is 4.87. The Bertz CT molecular complexity index is 113. The topological polar surface area (TPSA) is 18.5 Å². The van der Waals surface area contributed by atoms with Gasteiger partial charge in [-0.3, -0.25) is 0 Å². The van der Waals surface area contributed by atoms with Crippen LogP contribution in [0.1, 0.15) is 13.3 Å². The second-order valence-corrected chi connectivity index (χ2v) is 2.73. The first-order chi connectivity index (χ1) is 4.36. The van der Waals surface area contributed by atoms with E-state index in [0.717, 1.165) is 13.0 Å². The van der Waals surface area contributed by atoms with Gasteiger partial charge in [-0.1, -0.05) is 6.92 Å². The van der Waals surface area contributed by atoms with Crippen LogP contribution in [-0.4, -0.2) is 19.0 Å². The highest BCUT2D eigenvalue weighted by Gasteiger charge is 2.35. The molecule has 0 aliphatic carbocycles. The summed E-state index contributed by atoms with van der Waals surface area (Å²) >= 11 is 0. The predicted molar refractivity (Wildman–Crippen MR) is 31.6 cm³/mol. The smallest absolute Gasteiger partial charge is 0.165 e. The zero-order valence-corrected chi connectivity index (χ0v) is 5.46. The van der Waals surface area contributed by atoms with Crippen LogP contribution in [0.3, 0.4) is 0 Å². The van der Waals surface area contributed by atoms with E-state index in [9.17, 15) is 0 Å². The van der Waals surface area contributed by atoms with Crippen LogP contribution in [0.2, 0.25) is 0 Å². The number of fused-ring (bicyclic) bond motifs is 2. The second kappa shape index (κ2) is 1.96. The van der Waals surface area contributed by atoms with E-state index in [4.69, 9.17) is 9.47 Å². The Morgan fingerprint density at radius 2 is 2.44 bits per heavy atom. The van der Waals surface area contributed by atoms with Crippen LogP contribution in [0.25, 0.3) is 0 Å². The molecule has 3 atom stereocenters. The van der Waals surface area contributed by atoms with Crippen molar-refractivity contribution in [2.75, 3.05) is 6.61 Å². The lowest BCUT2D eigenvalue weighted by Crippen LogP contribution is -2.26. The molecule has 0 unspecified atom stereocenters. The van der Waals surface area contributed by atoms with Crippen molar-refractivity contribution in [1.82, 2.24) is 0 Å². The summed E-state index contributed by atoms with van der Waals surface area (Å²) in [5.74, 6) is 0.601. The van der Waals surface area contributed by atoms with Crippen LogP contribution in [0, 0.1) is 12.3 Å². The summed E-state index contributed by atoms with van der Waals surface area (Å²) in [4.78, 5) is 0. The van der Waals surface area contributed by atoms with Crippen molar-refractivity contribution in [1.29, 1.82) is 0 Å². The molecular weight excluding hydrogens is 116 g/mol. The van der Waals surface area contributed by atoms with Crippen molar-refractivity contribution in [3.05, 3.63) is 6.42 Å². The summed E-state index contributed by atoms with van der Waals surface area (Å²) < 4.78 is 10.6. The molecule has 0 spiro atoms. The summed E-state index contributed by atoms with van der Waals surface area (Å²) in [6.45, 7) is 2.93. The number of rotatable bonds is 0. The lowest BCUT2D eigenvalue weighted by molar-refractivity contribution is -0.0632. The maximum Gasteiger partial charge on any atom is 0.165 e. The van der Waals surface area contributed by atoms with Crippen molar-refractivity contribution >= 4 is 0 Å². The Morgan fingerprint density at radius 3 is 3.22 bits per heavy atom. The Labute approximate surface area is 55.1 Å². The predicted octanol–water partition coefficient (Wildman–Crippen LogP) is 0.849. The molecular formula is C7H10O2. The van der Waals surface area contributed by atoms with Crippen LogP contribution in [-0.2, 0) is 9.47 Å². The molecule has 0 aromatic carbocycles. The van der Waals surface area contributed by atoms with E-state index in [-0.39, 0.29) is 6.29 Å². The number of hydrogen-bond donors (Lipinski definition) is 0. The third-order valence-electron chi connectivity index (χ3n) is 1.95. The monoisotopic (exact) mass is 126 g/mol. The van der Waals surface area contributed by atoms with Gasteiger partial charge in [-0.05, 0) is 12.3 Å². The molecule has 2 heterocycles. The molecule has 0 saturated carbocycles. The van der Waals surface area contributed by atoms with Gasteiger partial charge in [-0.25, -0.2) is 0 Å². The van der Waals surface area contributed by atoms with E-state index in [1.807, 2.05) is 0 Å². The van der Waals surface area contributed by atoms with Gasteiger partial charge in [-0.2, -0.15) is 0 Å². The molecule has 2 nitrogen and oxygen atoms in total. The number of hydrogen-bond acceptors (Lipinski definition) is 2. The lowest BCUT2D eigenvalue weighted by atomic mass is 9.98. The summed E-state index contributed by atoms with van der Waals surface area (Å²) in [6.07, 6.45) is 4.38. The van der Waals surface area contributed by atoms with Crippen molar-refractivity contribution in [2.24, 2.45) is 5.92 Å². The molecule has 2 rings (SSSR count). The summed E-state index contributed by atoms with van der Waals surface area (Å²) in [6, 6.07) is 0. The molecule has 9 heavy (non-hydrogen) atoms. The minimum Gasteiger partial charge on any atom is -0.349 e. The SMILES string of the molecule is C[C@H]1C[C][C@@H]2OC[C@H]1O2. The standard InChI is InChI=1S/C7H10O2/c1-5-2-3-7-8-4-6(5)9-7/h5-7H,2,4H2,1H3/t5-,6+,7+/m0/s1. The highest BCUT2D eigenvalue weighted by atomic mass is 16.7. The molecule has 0 N–H and O–H groups in total. The molecule has 2 radical (unpaired) electrons. The summed E-state index contributed by atoms with van der Waals surface area (Å²) in [5.41, 5.74) is 0. The van der Waals surface area contributed by atoms with E-state index >= 15 is 0 Å². The van der Waals surface area contributed by atoms with Crippen molar-refractivity contribution in [2.45, 2.75) is 25.7 Å². The van der Waals surface area contributed by atoms with Gasteiger partial charge < -0.3 is 9.47 Å². The van der Waals surface area contributed by atoms with Crippen molar-refractivity contribution < 1.29 is 9.47 Å². The Morgan fingerprint density at radius 1 is 1.56 bits per heavy atom. The largest absolute Gasteiger partial charge is 0.349 e. The summed E-state index contributed by atoms with van der Waals surface area (Å²) in [5, 5.41) is 0. The molecule has 0 aromatic rings. The maximum absolute atomic E-state index is 5.38. The lowest BCUT2D eigenvalue weighted by Gasteiger charge is -2.22. The molecule has 2 bridgehead atoms. The quantitative estimate of drug-likeness (QED) is 0.479. The number of ether oxygens (including phenoxy) is 2. The zero-order valence-electron chi connectivity index (χ0n) is 5.46. The van der Waals surface area contributed by atoms with Gasteiger partial charge in [0.05, 0.1) is 12.7 Å². The first kappa shape index (κ1) is 5.69. The van der Waals surface area contributed by atoms with Crippen molar-refractivity contribution in [3.8, 4) is 0 Å². The van der Waals surface area contributed by atoms with Gasteiger partial charge in [0.25, 0.3) is 0 Å². The van der Waals surface area contributed by atoms with Crippen molar-refractivity contribution in [3.63, 3.8) is 0 Å². The van der Waals surface area contributed by atoms with Crippen LogP contribution < -0.4 is 0 Å². The van der Waals surface area contributed by atoms with Crippen LogP contribution in [0.15, 0.2) is 0 Å². The Kier molecular flexibility index (Phi) is 1.24. The summed E-state index contributed by atoms with van der Waals surface area (Å²) in [7, 11) is 0. The molecule has 0 aromatic heterocycles. The third-order valence-corrected chi connectivity index (χ3v) is 1.95. The Hall–Kier alpha value is -0.0800. The molecule has 2 heteroatoms. The minimum absolute atomic E-state index is 0.105. The van der Waals surface area contributed by atoms with Gasteiger partial charge in [0.15, 0.2) is 6.29 Å². The molecule has 0 amide bonds. The first-order valence-corrected chi connectivity index (χ1v) is 3.37. The van der Waals surface area contributed by atoms with Gasteiger partial charge in [-0.15, -0.1) is 0 Å². The average molecular weight is 126 g/mol. The maximum atomic E-state index is 5.38. The fourth-order valence-corrected chi connectivity index (χ4v) is 1.24. The molecule has 2 saturated heterocycles.